The van der Waals surface area contributed by atoms with Crippen molar-refractivity contribution in [2.45, 2.75) is 38.8 Å². The van der Waals surface area contributed by atoms with Gasteiger partial charge >= 0.3 is 0 Å². The molecule has 0 radical (unpaired) electrons. The van der Waals surface area contributed by atoms with E-state index in [0.29, 0.717) is 17.3 Å². The quantitative estimate of drug-likeness (QED) is 0.744. The Morgan fingerprint density at radius 1 is 1.50 bits per heavy atom. The second kappa shape index (κ2) is 6.25. The summed E-state index contributed by atoms with van der Waals surface area (Å²) in [6, 6.07) is 2.44. The molecule has 1 aliphatic carbocycles. The molecule has 0 spiro atoms. The average molecular weight is 270 g/mol. The Morgan fingerprint density at radius 2 is 2.28 bits per heavy atom. The van der Waals surface area contributed by atoms with E-state index in [1.54, 1.807) is 12.3 Å². The fraction of sp³-hybridized carbons (Fsp3) is 0.615. The smallest absolute Gasteiger partial charge is 0.267 e. The topological polar surface area (TPSA) is 46.1 Å². The van der Waals surface area contributed by atoms with E-state index in [1.165, 1.54) is 12.8 Å². The monoisotopic (exact) mass is 269 g/mol. The number of hydrogen-bond donors (Lipinski definition) is 2. The molecule has 2 N–H and O–H groups in total. The summed E-state index contributed by atoms with van der Waals surface area (Å²) < 4.78 is 1.86. The predicted octanol–water partition coefficient (Wildman–Crippen LogP) is 2.03. The van der Waals surface area contributed by atoms with Gasteiger partial charge in [0.25, 0.3) is 5.91 Å². The first-order chi connectivity index (χ1) is 8.70. The largest absolute Gasteiger partial charge is 0.351 e. The Bertz CT molecular complexity index is 412. The first kappa shape index (κ1) is 13.4. The number of rotatable bonds is 7. The van der Waals surface area contributed by atoms with E-state index in [4.69, 9.17) is 11.6 Å². The van der Waals surface area contributed by atoms with Crippen LogP contribution in [0.5, 0.6) is 0 Å². The minimum atomic E-state index is -0.0461. The number of halogens is 1. The van der Waals surface area contributed by atoms with E-state index >= 15 is 0 Å². The van der Waals surface area contributed by atoms with Crippen molar-refractivity contribution < 1.29 is 4.79 Å². The van der Waals surface area contributed by atoms with Gasteiger partial charge < -0.3 is 15.2 Å². The fourth-order valence-electron chi connectivity index (χ4n) is 1.90. The zero-order valence-corrected chi connectivity index (χ0v) is 11.5. The molecule has 0 saturated heterocycles. The first-order valence-corrected chi connectivity index (χ1v) is 6.95. The van der Waals surface area contributed by atoms with Crippen LogP contribution in [0, 0.1) is 0 Å². The lowest BCUT2D eigenvalue weighted by atomic mass is 10.3. The van der Waals surface area contributed by atoms with Crippen LogP contribution in [0.1, 0.15) is 36.7 Å². The molecule has 4 nitrogen and oxygen atoms in total. The van der Waals surface area contributed by atoms with Crippen LogP contribution in [0.15, 0.2) is 12.3 Å². The normalized spacial score (nSPS) is 14.8. The van der Waals surface area contributed by atoms with Gasteiger partial charge in [-0.15, -0.1) is 0 Å². The molecule has 1 fully saturated rings. The SMILES string of the molecule is CCn1cc(Cl)cc1C(=O)NCCCNC1CC1. The van der Waals surface area contributed by atoms with Gasteiger partial charge in [0, 0.05) is 25.3 Å². The molecule has 1 aromatic heterocycles. The maximum Gasteiger partial charge on any atom is 0.267 e. The Kier molecular flexibility index (Phi) is 4.66. The first-order valence-electron chi connectivity index (χ1n) is 6.58. The molecule has 1 aromatic rings. The number of nitrogens with zero attached hydrogens (tertiary/aromatic N) is 1. The number of aromatic nitrogens is 1. The number of carbonyl (C=O) groups is 1. The Labute approximate surface area is 113 Å². The lowest BCUT2D eigenvalue weighted by Crippen LogP contribution is -2.29. The summed E-state index contributed by atoms with van der Waals surface area (Å²) in [6.07, 6.45) is 5.34. The number of nitrogens with one attached hydrogen (secondary N) is 2. The number of hydrogen-bond acceptors (Lipinski definition) is 2. The van der Waals surface area contributed by atoms with Crippen molar-refractivity contribution in [2.75, 3.05) is 13.1 Å². The fourth-order valence-corrected chi connectivity index (χ4v) is 2.12. The van der Waals surface area contributed by atoms with Crippen LogP contribution in [0.3, 0.4) is 0 Å². The van der Waals surface area contributed by atoms with Crippen molar-refractivity contribution in [1.82, 2.24) is 15.2 Å². The summed E-state index contributed by atoms with van der Waals surface area (Å²) in [7, 11) is 0. The Balaban J connectivity index is 1.72. The second-order valence-electron chi connectivity index (χ2n) is 4.67. The van der Waals surface area contributed by atoms with Crippen molar-refractivity contribution in [1.29, 1.82) is 0 Å². The van der Waals surface area contributed by atoms with Crippen LogP contribution in [-0.2, 0) is 6.54 Å². The molecule has 0 bridgehead atoms. The zero-order chi connectivity index (χ0) is 13.0. The molecule has 0 atom stereocenters. The van der Waals surface area contributed by atoms with E-state index in [0.717, 1.165) is 25.6 Å². The van der Waals surface area contributed by atoms with Gasteiger partial charge in [0.1, 0.15) is 5.69 Å². The Hall–Kier alpha value is -1.00. The minimum Gasteiger partial charge on any atom is -0.351 e. The molecular formula is C13H20ClN3O. The maximum atomic E-state index is 11.9. The van der Waals surface area contributed by atoms with E-state index in [2.05, 4.69) is 10.6 Å². The van der Waals surface area contributed by atoms with E-state index in [-0.39, 0.29) is 5.91 Å². The number of aryl methyl sites for hydroxylation is 1. The van der Waals surface area contributed by atoms with Crippen LogP contribution in [-0.4, -0.2) is 29.6 Å². The van der Waals surface area contributed by atoms with Crippen molar-refractivity contribution in [3.05, 3.63) is 23.0 Å². The third kappa shape index (κ3) is 3.75. The molecule has 100 valence electrons. The molecular weight excluding hydrogens is 250 g/mol. The summed E-state index contributed by atoms with van der Waals surface area (Å²) >= 11 is 5.90. The number of carbonyl (C=O) groups excluding carboxylic acids is 1. The van der Waals surface area contributed by atoms with Crippen LogP contribution in [0.25, 0.3) is 0 Å². The summed E-state index contributed by atoms with van der Waals surface area (Å²) in [5.74, 6) is -0.0461. The molecule has 1 heterocycles. The van der Waals surface area contributed by atoms with E-state index < -0.39 is 0 Å². The van der Waals surface area contributed by atoms with Gasteiger partial charge in [0.05, 0.1) is 5.02 Å². The van der Waals surface area contributed by atoms with E-state index in [1.807, 2.05) is 11.5 Å². The summed E-state index contributed by atoms with van der Waals surface area (Å²) in [5.41, 5.74) is 0.637. The molecule has 0 aromatic carbocycles. The van der Waals surface area contributed by atoms with Gasteiger partial charge in [-0.25, -0.2) is 0 Å². The molecule has 0 aliphatic heterocycles. The molecule has 5 heteroatoms. The van der Waals surface area contributed by atoms with Gasteiger partial charge in [-0.05, 0) is 38.8 Å². The lowest BCUT2D eigenvalue weighted by Gasteiger charge is -2.08. The van der Waals surface area contributed by atoms with E-state index in [9.17, 15) is 4.79 Å². The van der Waals surface area contributed by atoms with Crippen molar-refractivity contribution in [3.63, 3.8) is 0 Å². The van der Waals surface area contributed by atoms with Gasteiger partial charge in [0.2, 0.25) is 0 Å². The van der Waals surface area contributed by atoms with Gasteiger partial charge in [-0.3, -0.25) is 4.79 Å². The molecule has 2 rings (SSSR count). The van der Waals surface area contributed by atoms with Gasteiger partial charge in [0.15, 0.2) is 0 Å². The van der Waals surface area contributed by atoms with Crippen molar-refractivity contribution in [3.8, 4) is 0 Å². The molecule has 1 saturated carbocycles. The number of amides is 1. The van der Waals surface area contributed by atoms with Crippen molar-refractivity contribution >= 4 is 17.5 Å². The summed E-state index contributed by atoms with van der Waals surface area (Å²) in [4.78, 5) is 11.9. The molecule has 1 amide bonds. The molecule has 1 aliphatic rings. The highest BCUT2D eigenvalue weighted by Crippen LogP contribution is 2.18. The second-order valence-corrected chi connectivity index (χ2v) is 5.10. The zero-order valence-electron chi connectivity index (χ0n) is 10.7. The standard InChI is InChI=1S/C13H20ClN3O/c1-2-17-9-10(14)8-12(17)13(18)16-7-3-6-15-11-4-5-11/h8-9,11,15H,2-7H2,1H3,(H,16,18). The minimum absolute atomic E-state index is 0.0461. The Morgan fingerprint density at radius 3 is 2.94 bits per heavy atom. The highest BCUT2D eigenvalue weighted by molar-refractivity contribution is 6.31. The third-order valence-electron chi connectivity index (χ3n) is 3.09. The van der Waals surface area contributed by atoms with Crippen LogP contribution in [0.2, 0.25) is 5.02 Å². The van der Waals surface area contributed by atoms with Gasteiger partial charge in [-0.1, -0.05) is 11.6 Å². The summed E-state index contributed by atoms with van der Waals surface area (Å²) in [5, 5.41) is 6.95. The van der Waals surface area contributed by atoms with Crippen LogP contribution >= 0.6 is 11.6 Å². The maximum absolute atomic E-state index is 11.9. The third-order valence-corrected chi connectivity index (χ3v) is 3.29. The lowest BCUT2D eigenvalue weighted by molar-refractivity contribution is 0.0944. The van der Waals surface area contributed by atoms with Crippen molar-refractivity contribution in [2.24, 2.45) is 0 Å². The highest BCUT2D eigenvalue weighted by atomic mass is 35.5. The predicted molar refractivity (Wildman–Crippen MR) is 73.1 cm³/mol. The van der Waals surface area contributed by atoms with Gasteiger partial charge in [-0.2, -0.15) is 0 Å². The summed E-state index contributed by atoms with van der Waals surface area (Å²) in [6.45, 7) is 4.41. The van der Waals surface area contributed by atoms with Crippen LogP contribution < -0.4 is 10.6 Å². The highest BCUT2D eigenvalue weighted by Gasteiger charge is 2.19. The molecule has 0 unspecified atom stereocenters. The average Bonchev–Trinajstić information content (AvgIpc) is 3.10. The van der Waals surface area contributed by atoms with Crippen LogP contribution in [0.4, 0.5) is 0 Å². The molecule has 18 heavy (non-hydrogen) atoms.